The number of nitrogens with one attached hydrogen (secondary N) is 2. The number of amides is 1. The number of nitrogens with zero attached hydrogens (tertiary/aromatic N) is 1. The van der Waals surface area contributed by atoms with Crippen molar-refractivity contribution in [3.63, 3.8) is 0 Å². The van der Waals surface area contributed by atoms with E-state index < -0.39 is 5.41 Å². The molecule has 158 valence electrons. The molecule has 0 aliphatic carbocycles. The van der Waals surface area contributed by atoms with Crippen LogP contribution in [-0.4, -0.2) is 31.5 Å². The maximum Gasteiger partial charge on any atom is 0.224 e. The van der Waals surface area contributed by atoms with Crippen LogP contribution in [0.15, 0.2) is 65.7 Å². The lowest BCUT2D eigenvalue weighted by molar-refractivity contribution is -0.125. The standard InChI is InChI=1S/C23H32N4O.HI/c1-4-25-22(27-17-23(2,3)21(24)28)26-16-15-20(18-11-7-5-8-12-18)19-13-9-6-10-14-19;/h5-14,20H,4,15-17H2,1-3H3,(H2,24,28)(H2,25,26,27);1H. The Kier molecular flexibility index (Phi) is 10.7. The molecule has 0 radical (unpaired) electrons. The normalized spacial score (nSPS) is 11.7. The van der Waals surface area contributed by atoms with Crippen molar-refractivity contribution in [2.75, 3.05) is 19.6 Å². The monoisotopic (exact) mass is 508 g/mol. The van der Waals surface area contributed by atoms with E-state index in [2.05, 4.69) is 64.2 Å². The third-order valence-electron chi connectivity index (χ3n) is 4.77. The van der Waals surface area contributed by atoms with E-state index in [4.69, 9.17) is 5.73 Å². The van der Waals surface area contributed by atoms with Gasteiger partial charge in [-0.2, -0.15) is 0 Å². The van der Waals surface area contributed by atoms with E-state index in [9.17, 15) is 4.79 Å². The molecule has 0 heterocycles. The van der Waals surface area contributed by atoms with Crippen LogP contribution in [0.1, 0.15) is 44.2 Å². The minimum absolute atomic E-state index is 0. The molecule has 2 aromatic carbocycles. The molecule has 0 aliphatic heterocycles. The number of hydrogen-bond donors (Lipinski definition) is 3. The second kappa shape index (κ2) is 12.5. The van der Waals surface area contributed by atoms with Gasteiger partial charge in [-0.3, -0.25) is 9.79 Å². The third kappa shape index (κ3) is 8.04. The van der Waals surface area contributed by atoms with Gasteiger partial charge in [0, 0.05) is 19.0 Å². The van der Waals surface area contributed by atoms with Crippen LogP contribution >= 0.6 is 24.0 Å². The van der Waals surface area contributed by atoms with Gasteiger partial charge in [-0.1, -0.05) is 60.7 Å². The highest BCUT2D eigenvalue weighted by atomic mass is 127. The molecule has 0 saturated heterocycles. The Labute approximate surface area is 191 Å². The molecule has 2 rings (SSSR count). The molecule has 1 amide bonds. The fourth-order valence-electron chi connectivity index (χ4n) is 2.93. The van der Waals surface area contributed by atoms with Crippen molar-refractivity contribution in [3.05, 3.63) is 71.8 Å². The van der Waals surface area contributed by atoms with E-state index in [1.165, 1.54) is 11.1 Å². The summed E-state index contributed by atoms with van der Waals surface area (Å²) in [5.74, 6) is 0.664. The van der Waals surface area contributed by atoms with Crippen LogP contribution < -0.4 is 16.4 Å². The predicted octanol–water partition coefficient (Wildman–Crippen LogP) is 3.89. The molecule has 0 aliphatic rings. The Morgan fingerprint density at radius 2 is 1.52 bits per heavy atom. The van der Waals surface area contributed by atoms with Crippen LogP contribution in [0.3, 0.4) is 0 Å². The second-order valence-electron chi connectivity index (χ2n) is 7.53. The number of nitrogens with two attached hydrogens (primary N) is 1. The molecular formula is C23H33IN4O. The number of primary amides is 1. The van der Waals surface area contributed by atoms with Crippen LogP contribution in [0.5, 0.6) is 0 Å². The molecule has 0 aromatic heterocycles. The number of halogens is 1. The highest BCUT2D eigenvalue weighted by Crippen LogP contribution is 2.27. The maximum absolute atomic E-state index is 11.5. The summed E-state index contributed by atoms with van der Waals surface area (Å²) in [4.78, 5) is 16.1. The van der Waals surface area contributed by atoms with Gasteiger partial charge in [0.15, 0.2) is 5.96 Å². The zero-order chi connectivity index (χ0) is 20.4. The molecule has 5 nitrogen and oxygen atoms in total. The van der Waals surface area contributed by atoms with Crippen molar-refractivity contribution in [2.24, 2.45) is 16.1 Å². The highest BCUT2D eigenvalue weighted by molar-refractivity contribution is 14.0. The van der Waals surface area contributed by atoms with Gasteiger partial charge >= 0.3 is 0 Å². The van der Waals surface area contributed by atoms with E-state index in [1.807, 2.05) is 32.9 Å². The SMILES string of the molecule is CCNC(=NCC(C)(C)C(N)=O)NCCC(c1ccccc1)c1ccccc1.I. The molecule has 0 saturated carbocycles. The van der Waals surface area contributed by atoms with Crippen molar-refractivity contribution in [3.8, 4) is 0 Å². The fraction of sp³-hybridized carbons (Fsp3) is 0.391. The van der Waals surface area contributed by atoms with Crippen molar-refractivity contribution >= 4 is 35.8 Å². The minimum atomic E-state index is -0.668. The first-order valence-corrected chi connectivity index (χ1v) is 9.86. The van der Waals surface area contributed by atoms with E-state index >= 15 is 0 Å². The van der Waals surface area contributed by atoms with Crippen molar-refractivity contribution < 1.29 is 4.79 Å². The number of aliphatic imine (C=N–C) groups is 1. The zero-order valence-electron chi connectivity index (χ0n) is 17.5. The predicted molar refractivity (Wildman–Crippen MR) is 132 cm³/mol. The average molecular weight is 508 g/mol. The Morgan fingerprint density at radius 1 is 1.00 bits per heavy atom. The van der Waals surface area contributed by atoms with Gasteiger partial charge in [-0.25, -0.2) is 0 Å². The summed E-state index contributed by atoms with van der Waals surface area (Å²) in [6, 6.07) is 21.1. The van der Waals surface area contributed by atoms with Gasteiger partial charge in [0.25, 0.3) is 0 Å². The topological polar surface area (TPSA) is 79.5 Å². The number of guanidine groups is 1. The van der Waals surface area contributed by atoms with Gasteiger partial charge < -0.3 is 16.4 Å². The van der Waals surface area contributed by atoms with Crippen molar-refractivity contribution in [1.29, 1.82) is 0 Å². The summed E-state index contributed by atoms with van der Waals surface area (Å²) in [5.41, 5.74) is 7.38. The molecule has 2 aromatic rings. The molecule has 0 fully saturated rings. The van der Waals surface area contributed by atoms with E-state index in [1.54, 1.807) is 0 Å². The molecule has 0 bridgehead atoms. The van der Waals surface area contributed by atoms with E-state index in [0.29, 0.717) is 18.4 Å². The molecule has 0 atom stereocenters. The number of carbonyl (C=O) groups excluding carboxylic acids is 1. The Morgan fingerprint density at radius 3 is 1.97 bits per heavy atom. The summed E-state index contributed by atoms with van der Waals surface area (Å²) in [6.07, 6.45) is 0.928. The number of carbonyl (C=O) groups is 1. The third-order valence-corrected chi connectivity index (χ3v) is 4.77. The smallest absolute Gasteiger partial charge is 0.224 e. The minimum Gasteiger partial charge on any atom is -0.369 e. The number of benzene rings is 2. The summed E-state index contributed by atoms with van der Waals surface area (Å²) in [6.45, 7) is 7.50. The highest BCUT2D eigenvalue weighted by Gasteiger charge is 2.24. The summed E-state index contributed by atoms with van der Waals surface area (Å²) in [7, 11) is 0. The van der Waals surface area contributed by atoms with Crippen molar-refractivity contribution in [2.45, 2.75) is 33.1 Å². The van der Waals surface area contributed by atoms with Crippen LogP contribution in [0.2, 0.25) is 0 Å². The first-order chi connectivity index (χ1) is 13.4. The lowest BCUT2D eigenvalue weighted by Gasteiger charge is -2.21. The summed E-state index contributed by atoms with van der Waals surface area (Å²) in [5, 5.41) is 6.62. The summed E-state index contributed by atoms with van der Waals surface area (Å²) < 4.78 is 0. The molecule has 0 unspecified atom stereocenters. The molecular weight excluding hydrogens is 475 g/mol. The van der Waals surface area contributed by atoms with Gasteiger partial charge in [0.1, 0.15) is 0 Å². The van der Waals surface area contributed by atoms with Crippen LogP contribution in [0.25, 0.3) is 0 Å². The maximum atomic E-state index is 11.5. The fourth-order valence-corrected chi connectivity index (χ4v) is 2.93. The lowest BCUT2D eigenvalue weighted by Crippen LogP contribution is -2.40. The lowest BCUT2D eigenvalue weighted by atomic mass is 9.88. The quantitative estimate of drug-likeness (QED) is 0.273. The molecule has 6 heteroatoms. The van der Waals surface area contributed by atoms with E-state index in [-0.39, 0.29) is 29.9 Å². The molecule has 0 spiro atoms. The van der Waals surface area contributed by atoms with Crippen LogP contribution in [0, 0.1) is 5.41 Å². The van der Waals surface area contributed by atoms with Crippen LogP contribution in [0.4, 0.5) is 0 Å². The Hall–Kier alpha value is -2.09. The second-order valence-corrected chi connectivity index (χ2v) is 7.53. The van der Waals surface area contributed by atoms with Gasteiger partial charge in [0.2, 0.25) is 5.91 Å². The first kappa shape index (κ1) is 24.9. The number of rotatable bonds is 9. The molecule has 4 N–H and O–H groups in total. The first-order valence-electron chi connectivity index (χ1n) is 9.86. The van der Waals surface area contributed by atoms with Gasteiger partial charge in [-0.05, 0) is 38.3 Å². The Balaban J connectivity index is 0.00000420. The summed E-state index contributed by atoms with van der Waals surface area (Å²) >= 11 is 0. The number of hydrogen-bond acceptors (Lipinski definition) is 2. The van der Waals surface area contributed by atoms with Crippen molar-refractivity contribution in [1.82, 2.24) is 10.6 Å². The van der Waals surface area contributed by atoms with Crippen LogP contribution in [-0.2, 0) is 4.79 Å². The van der Waals surface area contributed by atoms with E-state index in [0.717, 1.165) is 19.5 Å². The largest absolute Gasteiger partial charge is 0.369 e. The average Bonchev–Trinajstić information content (AvgIpc) is 2.70. The van der Waals surface area contributed by atoms with Gasteiger partial charge in [-0.15, -0.1) is 24.0 Å². The molecule has 29 heavy (non-hydrogen) atoms. The van der Waals surface area contributed by atoms with Gasteiger partial charge in [0.05, 0.1) is 12.0 Å². The zero-order valence-corrected chi connectivity index (χ0v) is 19.9. The Bertz CT molecular complexity index is 723.